The Balaban J connectivity index is 1.79. The molecule has 23 heavy (non-hydrogen) atoms. The summed E-state index contributed by atoms with van der Waals surface area (Å²) >= 11 is 0. The van der Waals surface area contributed by atoms with Crippen molar-refractivity contribution in [3.63, 3.8) is 0 Å². The van der Waals surface area contributed by atoms with Crippen LogP contribution < -0.4 is 9.64 Å². The van der Waals surface area contributed by atoms with Crippen molar-refractivity contribution in [3.05, 3.63) is 53.9 Å². The Labute approximate surface area is 135 Å². The first-order valence-corrected chi connectivity index (χ1v) is 7.45. The summed E-state index contributed by atoms with van der Waals surface area (Å²) in [6.45, 7) is 4.15. The molecule has 1 amide bonds. The molecule has 5 heteroatoms. The summed E-state index contributed by atoms with van der Waals surface area (Å²) in [6.07, 6.45) is 4.30. The van der Waals surface area contributed by atoms with Gasteiger partial charge in [0.15, 0.2) is 5.60 Å². The highest BCUT2D eigenvalue weighted by atomic mass is 16.5. The molecule has 0 saturated carbocycles. The third-order valence-electron chi connectivity index (χ3n) is 3.89. The monoisotopic (exact) mass is 307 g/mol. The Morgan fingerprint density at radius 2 is 2.04 bits per heavy atom. The third kappa shape index (κ3) is 2.88. The fourth-order valence-corrected chi connectivity index (χ4v) is 2.70. The van der Waals surface area contributed by atoms with E-state index < -0.39 is 5.60 Å². The number of nitriles is 1. The Kier molecular flexibility index (Phi) is 3.75. The second kappa shape index (κ2) is 5.73. The number of fused-ring (bicyclic) bond motifs is 1. The number of anilines is 1. The van der Waals surface area contributed by atoms with Crippen molar-refractivity contribution in [1.82, 2.24) is 4.98 Å². The Morgan fingerprint density at radius 3 is 2.74 bits per heavy atom. The minimum atomic E-state index is -1.00. The highest BCUT2D eigenvalue weighted by Crippen LogP contribution is 2.30. The minimum absolute atomic E-state index is 0.0909. The second-order valence-corrected chi connectivity index (χ2v) is 5.96. The van der Waals surface area contributed by atoms with Crippen LogP contribution >= 0.6 is 0 Å². The summed E-state index contributed by atoms with van der Waals surface area (Å²) < 4.78 is 5.87. The smallest absolute Gasteiger partial charge is 0.270 e. The van der Waals surface area contributed by atoms with Crippen molar-refractivity contribution in [2.45, 2.75) is 25.9 Å². The molecule has 1 aliphatic rings. The lowest BCUT2D eigenvalue weighted by molar-refractivity contribution is -0.131. The molecule has 0 fully saturated rings. The summed E-state index contributed by atoms with van der Waals surface area (Å²) in [6, 6.07) is 10.7. The molecule has 1 aliphatic heterocycles. The van der Waals surface area contributed by atoms with Crippen molar-refractivity contribution >= 4 is 11.6 Å². The third-order valence-corrected chi connectivity index (χ3v) is 3.89. The molecule has 1 aromatic carbocycles. The van der Waals surface area contributed by atoms with E-state index >= 15 is 0 Å². The second-order valence-electron chi connectivity index (χ2n) is 5.96. The normalized spacial score (nSPS) is 13.3. The first kappa shape index (κ1) is 15.0. The maximum Gasteiger partial charge on any atom is 0.270 e. The van der Waals surface area contributed by atoms with Gasteiger partial charge in [0.1, 0.15) is 5.75 Å². The number of pyridine rings is 1. The molecule has 0 aliphatic carbocycles. The van der Waals surface area contributed by atoms with Gasteiger partial charge in [-0.15, -0.1) is 0 Å². The Morgan fingerprint density at radius 1 is 1.30 bits per heavy atom. The number of hydrogen-bond acceptors (Lipinski definition) is 4. The number of carbonyl (C=O) groups is 1. The molecule has 3 rings (SSSR count). The quantitative estimate of drug-likeness (QED) is 0.874. The van der Waals surface area contributed by atoms with Gasteiger partial charge >= 0.3 is 0 Å². The van der Waals surface area contributed by atoms with E-state index in [4.69, 9.17) is 10.00 Å². The first-order valence-electron chi connectivity index (χ1n) is 7.45. The minimum Gasteiger partial charge on any atom is -0.478 e. The van der Waals surface area contributed by atoms with Gasteiger partial charge in [-0.1, -0.05) is 0 Å². The zero-order chi connectivity index (χ0) is 16.4. The maximum atomic E-state index is 12.9. The number of ether oxygens (including phenoxy) is 1. The van der Waals surface area contributed by atoms with Crippen molar-refractivity contribution in [2.75, 3.05) is 11.4 Å². The first-order chi connectivity index (χ1) is 11.0. The fraction of sp³-hybridized carbons (Fsp3) is 0.278. The van der Waals surface area contributed by atoms with Crippen molar-refractivity contribution in [1.29, 1.82) is 5.26 Å². The van der Waals surface area contributed by atoms with Crippen LogP contribution in [0.1, 0.15) is 25.0 Å². The van der Waals surface area contributed by atoms with Gasteiger partial charge in [-0.2, -0.15) is 5.26 Å². The van der Waals surface area contributed by atoms with Gasteiger partial charge in [-0.25, -0.2) is 0 Å². The molecule has 0 atom stereocenters. The number of aromatic nitrogens is 1. The molecule has 0 N–H and O–H groups in total. The van der Waals surface area contributed by atoms with Gasteiger partial charge in [-0.05, 0) is 56.2 Å². The molecule has 0 radical (unpaired) electrons. The number of benzene rings is 1. The van der Waals surface area contributed by atoms with Crippen LogP contribution in [0.25, 0.3) is 0 Å². The zero-order valence-electron chi connectivity index (χ0n) is 13.1. The average Bonchev–Trinajstić information content (AvgIpc) is 2.98. The highest BCUT2D eigenvalue weighted by Gasteiger charge is 2.37. The largest absolute Gasteiger partial charge is 0.478 e. The molecule has 0 bridgehead atoms. The van der Waals surface area contributed by atoms with Crippen LogP contribution in [0.4, 0.5) is 5.69 Å². The predicted molar refractivity (Wildman–Crippen MR) is 86.2 cm³/mol. The van der Waals surface area contributed by atoms with E-state index in [0.29, 0.717) is 17.9 Å². The van der Waals surface area contributed by atoms with E-state index in [1.807, 2.05) is 6.07 Å². The molecule has 0 saturated heterocycles. The van der Waals surface area contributed by atoms with Gasteiger partial charge < -0.3 is 9.64 Å². The standard InChI is InChI=1S/C18H17N3O2/c1-18(2,23-15-5-3-13(11-19)4-6-15)17(22)21-10-8-14-12-20-9-7-16(14)21/h3-7,9,12H,8,10H2,1-2H3. The van der Waals surface area contributed by atoms with Gasteiger partial charge in [0, 0.05) is 18.9 Å². The van der Waals surface area contributed by atoms with Gasteiger partial charge in [0.2, 0.25) is 0 Å². The highest BCUT2D eigenvalue weighted by molar-refractivity contribution is 6.00. The lowest BCUT2D eigenvalue weighted by Gasteiger charge is -2.30. The van der Waals surface area contributed by atoms with E-state index in [9.17, 15) is 4.79 Å². The summed E-state index contributed by atoms with van der Waals surface area (Å²) in [5, 5.41) is 8.83. The molecular formula is C18H17N3O2. The number of amides is 1. The SMILES string of the molecule is CC(C)(Oc1ccc(C#N)cc1)C(=O)N1CCc2cnccc21. The molecule has 5 nitrogen and oxygen atoms in total. The van der Waals surface area contributed by atoms with Crippen molar-refractivity contribution in [2.24, 2.45) is 0 Å². The molecule has 2 heterocycles. The van der Waals surface area contributed by atoms with E-state index in [1.165, 1.54) is 0 Å². The summed E-state index contributed by atoms with van der Waals surface area (Å²) in [7, 11) is 0. The number of hydrogen-bond donors (Lipinski definition) is 0. The zero-order valence-corrected chi connectivity index (χ0v) is 13.1. The van der Waals surface area contributed by atoms with Crippen LogP contribution in [-0.2, 0) is 11.2 Å². The van der Waals surface area contributed by atoms with E-state index in [1.54, 1.807) is 55.4 Å². The van der Waals surface area contributed by atoms with E-state index in [0.717, 1.165) is 17.7 Å². The van der Waals surface area contributed by atoms with Crippen LogP contribution in [0.5, 0.6) is 5.75 Å². The molecule has 116 valence electrons. The van der Waals surface area contributed by atoms with Crippen molar-refractivity contribution < 1.29 is 9.53 Å². The topological polar surface area (TPSA) is 66.2 Å². The van der Waals surface area contributed by atoms with Crippen LogP contribution in [-0.4, -0.2) is 23.0 Å². The van der Waals surface area contributed by atoms with Crippen LogP contribution in [0.2, 0.25) is 0 Å². The Bertz CT molecular complexity index is 776. The fourth-order valence-electron chi connectivity index (χ4n) is 2.70. The Hall–Kier alpha value is -2.87. The molecule has 0 spiro atoms. The lowest BCUT2D eigenvalue weighted by atomic mass is 10.1. The van der Waals surface area contributed by atoms with Crippen LogP contribution in [0, 0.1) is 11.3 Å². The molecular weight excluding hydrogens is 290 g/mol. The summed E-state index contributed by atoms with van der Waals surface area (Å²) in [4.78, 5) is 18.7. The number of rotatable bonds is 3. The van der Waals surface area contributed by atoms with Gasteiger partial charge in [0.05, 0.1) is 17.3 Å². The number of carbonyl (C=O) groups excluding carboxylic acids is 1. The molecule has 2 aromatic rings. The summed E-state index contributed by atoms with van der Waals surface area (Å²) in [5.41, 5.74) is 1.54. The van der Waals surface area contributed by atoms with E-state index in [-0.39, 0.29) is 5.91 Å². The maximum absolute atomic E-state index is 12.9. The van der Waals surface area contributed by atoms with E-state index in [2.05, 4.69) is 11.1 Å². The van der Waals surface area contributed by atoms with Crippen molar-refractivity contribution in [3.8, 4) is 11.8 Å². The number of nitrogens with zero attached hydrogens (tertiary/aromatic N) is 3. The van der Waals surface area contributed by atoms with Crippen LogP contribution in [0.15, 0.2) is 42.7 Å². The lowest BCUT2D eigenvalue weighted by Crippen LogP contribution is -2.48. The van der Waals surface area contributed by atoms with Gasteiger partial charge in [-0.3, -0.25) is 9.78 Å². The average molecular weight is 307 g/mol. The summed E-state index contributed by atoms with van der Waals surface area (Å²) in [5.74, 6) is 0.475. The molecule has 0 unspecified atom stereocenters. The van der Waals surface area contributed by atoms with Gasteiger partial charge in [0.25, 0.3) is 5.91 Å². The predicted octanol–water partition coefficient (Wildman–Crippen LogP) is 2.70. The molecule has 1 aromatic heterocycles. The van der Waals surface area contributed by atoms with Crippen LogP contribution in [0.3, 0.4) is 0 Å².